The molecule has 0 bridgehead atoms. The first-order chi connectivity index (χ1) is 8.36. The molecule has 3 nitrogen and oxygen atoms in total. The van der Waals surface area contributed by atoms with Gasteiger partial charge in [-0.2, -0.15) is 0 Å². The third kappa shape index (κ3) is 1.89. The van der Waals surface area contributed by atoms with Crippen LogP contribution >= 0.6 is 0 Å². The predicted molar refractivity (Wildman–Crippen MR) is 67.8 cm³/mol. The number of nitrogens with one attached hydrogen (secondary N) is 1. The number of hydrogen-bond acceptors (Lipinski definition) is 3. The zero-order valence-electron chi connectivity index (χ0n) is 9.48. The lowest BCUT2D eigenvalue weighted by atomic mass is 10.0. The molecule has 2 N–H and O–H groups in total. The van der Waals surface area contributed by atoms with Crippen molar-refractivity contribution in [3.05, 3.63) is 47.7 Å². The molecular formula is C14H14N2O. The number of aliphatic hydroxyl groups is 1. The average Bonchev–Trinajstić information content (AvgIpc) is 2.86. The quantitative estimate of drug-likeness (QED) is 0.825. The Morgan fingerprint density at radius 2 is 2.18 bits per heavy atom. The molecule has 0 saturated heterocycles. The highest BCUT2D eigenvalue weighted by atomic mass is 16.3. The van der Waals surface area contributed by atoms with E-state index < -0.39 is 0 Å². The topological polar surface area (TPSA) is 45.2 Å². The number of aliphatic hydroxyl groups excluding tert-OH is 1. The molecular weight excluding hydrogens is 212 g/mol. The van der Waals surface area contributed by atoms with Crippen LogP contribution in [0.2, 0.25) is 0 Å². The number of pyridine rings is 1. The van der Waals surface area contributed by atoms with Crippen LogP contribution in [0.15, 0.2) is 36.5 Å². The molecule has 2 heterocycles. The fourth-order valence-corrected chi connectivity index (χ4v) is 2.18. The normalized spacial score (nSPS) is 13.2. The summed E-state index contributed by atoms with van der Waals surface area (Å²) < 4.78 is 0. The highest BCUT2D eigenvalue weighted by molar-refractivity contribution is 5.67. The zero-order valence-corrected chi connectivity index (χ0v) is 9.48. The average molecular weight is 226 g/mol. The largest absolute Gasteiger partial charge is 0.392 e. The van der Waals surface area contributed by atoms with E-state index in [0.29, 0.717) is 0 Å². The highest BCUT2D eigenvalue weighted by Gasteiger charge is 2.12. The summed E-state index contributed by atoms with van der Waals surface area (Å²) in [5.41, 5.74) is 4.43. The van der Waals surface area contributed by atoms with Crippen LogP contribution in [0, 0.1) is 0 Å². The van der Waals surface area contributed by atoms with E-state index in [2.05, 4.69) is 16.4 Å². The van der Waals surface area contributed by atoms with E-state index in [1.807, 2.05) is 30.5 Å². The number of hydrogen-bond donors (Lipinski definition) is 2. The molecule has 0 radical (unpaired) electrons. The van der Waals surface area contributed by atoms with Crippen molar-refractivity contribution in [2.24, 2.45) is 0 Å². The molecule has 1 aliphatic rings. The molecule has 0 atom stereocenters. The second kappa shape index (κ2) is 4.18. The van der Waals surface area contributed by atoms with Gasteiger partial charge in [0.2, 0.25) is 0 Å². The molecule has 0 fully saturated rings. The van der Waals surface area contributed by atoms with Gasteiger partial charge in [0.05, 0.1) is 6.61 Å². The summed E-state index contributed by atoms with van der Waals surface area (Å²) in [6.45, 7) is 1.05. The van der Waals surface area contributed by atoms with Crippen molar-refractivity contribution in [2.45, 2.75) is 13.0 Å². The van der Waals surface area contributed by atoms with Crippen LogP contribution in [0.5, 0.6) is 0 Å². The van der Waals surface area contributed by atoms with E-state index in [4.69, 9.17) is 5.11 Å². The molecule has 3 rings (SSSR count). The minimum atomic E-state index is 0.0771. The molecule has 2 aromatic rings. The Balaban J connectivity index is 2.03. The maximum atomic E-state index is 9.14. The van der Waals surface area contributed by atoms with Crippen LogP contribution in [-0.4, -0.2) is 16.6 Å². The van der Waals surface area contributed by atoms with Crippen molar-refractivity contribution in [2.75, 3.05) is 11.9 Å². The minimum Gasteiger partial charge on any atom is -0.392 e. The van der Waals surface area contributed by atoms with E-state index in [0.717, 1.165) is 35.5 Å². The van der Waals surface area contributed by atoms with Gasteiger partial charge in [-0.3, -0.25) is 0 Å². The van der Waals surface area contributed by atoms with E-state index in [1.54, 1.807) is 0 Å². The Labute approximate surface area is 100 Å². The van der Waals surface area contributed by atoms with Crippen LogP contribution in [0.3, 0.4) is 0 Å². The molecule has 1 aliphatic heterocycles. The molecule has 0 aliphatic carbocycles. The van der Waals surface area contributed by atoms with Crippen molar-refractivity contribution in [1.82, 2.24) is 4.98 Å². The molecule has 86 valence electrons. The lowest BCUT2D eigenvalue weighted by Gasteiger charge is -2.05. The van der Waals surface area contributed by atoms with Gasteiger partial charge in [-0.25, -0.2) is 4.98 Å². The maximum absolute atomic E-state index is 9.14. The van der Waals surface area contributed by atoms with Crippen molar-refractivity contribution < 1.29 is 5.11 Å². The Bertz CT molecular complexity index is 552. The number of rotatable bonds is 2. The summed E-state index contributed by atoms with van der Waals surface area (Å²) in [6, 6.07) is 10.1. The van der Waals surface area contributed by atoms with Crippen LogP contribution in [0.1, 0.15) is 11.1 Å². The molecule has 1 aromatic carbocycles. The maximum Gasteiger partial charge on any atom is 0.129 e. The number of aromatic nitrogens is 1. The number of fused-ring (bicyclic) bond motifs is 1. The second-order valence-corrected chi connectivity index (χ2v) is 4.27. The third-order valence-electron chi connectivity index (χ3n) is 3.10. The lowest BCUT2D eigenvalue weighted by molar-refractivity contribution is 0.282. The fourth-order valence-electron chi connectivity index (χ4n) is 2.18. The fraction of sp³-hybridized carbons (Fsp3) is 0.214. The lowest BCUT2D eigenvalue weighted by Crippen LogP contribution is -1.92. The molecule has 17 heavy (non-hydrogen) atoms. The van der Waals surface area contributed by atoms with Gasteiger partial charge in [0.15, 0.2) is 0 Å². The van der Waals surface area contributed by atoms with E-state index >= 15 is 0 Å². The first-order valence-electron chi connectivity index (χ1n) is 5.80. The van der Waals surface area contributed by atoms with Gasteiger partial charge in [-0.1, -0.05) is 18.2 Å². The van der Waals surface area contributed by atoms with Gasteiger partial charge in [0.1, 0.15) is 5.82 Å². The SMILES string of the molecule is OCc1cccc(-c2cnc3c(c2)CCN3)c1. The summed E-state index contributed by atoms with van der Waals surface area (Å²) in [7, 11) is 0. The minimum absolute atomic E-state index is 0.0771. The van der Waals surface area contributed by atoms with Gasteiger partial charge in [-0.15, -0.1) is 0 Å². The van der Waals surface area contributed by atoms with E-state index in [9.17, 15) is 0 Å². The Morgan fingerprint density at radius 1 is 1.24 bits per heavy atom. The van der Waals surface area contributed by atoms with Gasteiger partial charge >= 0.3 is 0 Å². The molecule has 0 amide bonds. The molecule has 0 unspecified atom stereocenters. The summed E-state index contributed by atoms with van der Waals surface area (Å²) >= 11 is 0. The molecule has 3 heteroatoms. The number of nitrogens with zero attached hydrogens (tertiary/aromatic N) is 1. The smallest absolute Gasteiger partial charge is 0.129 e. The van der Waals surface area contributed by atoms with Crippen LogP contribution in [-0.2, 0) is 13.0 Å². The van der Waals surface area contributed by atoms with Crippen molar-refractivity contribution >= 4 is 5.82 Å². The standard InChI is InChI=1S/C14H14N2O/c17-9-10-2-1-3-11(6-10)13-7-12-4-5-15-14(12)16-8-13/h1-3,6-8,17H,4-5,9H2,(H,15,16). The van der Waals surface area contributed by atoms with Gasteiger partial charge in [0.25, 0.3) is 0 Å². The Hall–Kier alpha value is -1.87. The Morgan fingerprint density at radius 3 is 3.06 bits per heavy atom. The van der Waals surface area contributed by atoms with Crippen molar-refractivity contribution in [3.8, 4) is 11.1 Å². The van der Waals surface area contributed by atoms with Gasteiger partial charge < -0.3 is 10.4 Å². The summed E-state index contributed by atoms with van der Waals surface area (Å²) in [6.07, 6.45) is 2.92. The molecule has 1 aromatic heterocycles. The summed E-state index contributed by atoms with van der Waals surface area (Å²) in [5.74, 6) is 1.01. The van der Waals surface area contributed by atoms with E-state index in [-0.39, 0.29) is 6.61 Å². The van der Waals surface area contributed by atoms with Crippen molar-refractivity contribution in [3.63, 3.8) is 0 Å². The van der Waals surface area contributed by atoms with Crippen molar-refractivity contribution in [1.29, 1.82) is 0 Å². The van der Waals surface area contributed by atoms with Gasteiger partial charge in [-0.05, 0) is 35.2 Å². The zero-order chi connectivity index (χ0) is 11.7. The van der Waals surface area contributed by atoms with Crippen LogP contribution in [0.25, 0.3) is 11.1 Å². The number of benzene rings is 1. The second-order valence-electron chi connectivity index (χ2n) is 4.27. The molecule has 0 saturated carbocycles. The van der Waals surface area contributed by atoms with Crippen LogP contribution < -0.4 is 5.32 Å². The molecule has 0 spiro atoms. The van der Waals surface area contributed by atoms with Crippen LogP contribution in [0.4, 0.5) is 5.82 Å². The third-order valence-corrected chi connectivity index (χ3v) is 3.10. The monoisotopic (exact) mass is 226 g/mol. The first-order valence-corrected chi connectivity index (χ1v) is 5.80. The Kier molecular flexibility index (Phi) is 2.53. The van der Waals surface area contributed by atoms with Gasteiger partial charge in [0, 0.05) is 18.3 Å². The first kappa shape index (κ1) is 10.3. The highest BCUT2D eigenvalue weighted by Crippen LogP contribution is 2.26. The summed E-state index contributed by atoms with van der Waals surface area (Å²) in [4.78, 5) is 4.42. The van der Waals surface area contributed by atoms with E-state index in [1.165, 1.54) is 5.56 Å². The summed E-state index contributed by atoms with van der Waals surface area (Å²) in [5, 5.41) is 12.4. The predicted octanol–water partition coefficient (Wildman–Crippen LogP) is 2.21. The number of anilines is 1.